The molecule has 0 aromatic heterocycles. The number of anilines is 1. The zero-order valence-corrected chi connectivity index (χ0v) is 11.0. The Hall–Kier alpha value is -1.65. The fourth-order valence-corrected chi connectivity index (χ4v) is 2.19. The second kappa shape index (κ2) is 6.33. The molecule has 0 amide bonds. The van der Waals surface area contributed by atoms with E-state index in [4.69, 9.17) is 0 Å². The summed E-state index contributed by atoms with van der Waals surface area (Å²) in [5.41, 5.74) is -0.0881. The molecular weight excluding hydrogens is 235 g/mol. The van der Waals surface area contributed by atoms with Crippen LogP contribution in [0.1, 0.15) is 33.1 Å². The summed E-state index contributed by atoms with van der Waals surface area (Å²) >= 11 is 0. The molecule has 0 aliphatic heterocycles. The summed E-state index contributed by atoms with van der Waals surface area (Å²) in [6.45, 7) is 4.05. The highest BCUT2D eigenvalue weighted by Crippen LogP contribution is 2.32. The van der Waals surface area contributed by atoms with E-state index >= 15 is 0 Å². The van der Waals surface area contributed by atoms with Crippen molar-refractivity contribution < 1.29 is 9.31 Å². The van der Waals surface area contributed by atoms with Gasteiger partial charge in [0.05, 0.1) is 4.92 Å². The van der Waals surface area contributed by atoms with E-state index in [1.807, 2.05) is 13.8 Å². The number of hydrogen-bond donors (Lipinski definition) is 0. The molecule has 1 rings (SSSR count). The molecule has 0 bridgehead atoms. The predicted octanol–water partition coefficient (Wildman–Crippen LogP) is 3.75. The summed E-state index contributed by atoms with van der Waals surface area (Å²) in [5.74, 6) is -0.541. The monoisotopic (exact) mass is 254 g/mol. The van der Waals surface area contributed by atoms with Gasteiger partial charge in [0.1, 0.15) is 0 Å². The summed E-state index contributed by atoms with van der Waals surface area (Å²) in [6.07, 6.45) is 2.68. The van der Waals surface area contributed by atoms with Crippen molar-refractivity contribution in [1.82, 2.24) is 0 Å². The zero-order chi connectivity index (χ0) is 13.7. The number of rotatable bonds is 6. The van der Waals surface area contributed by atoms with Gasteiger partial charge in [-0.25, -0.2) is 4.39 Å². The molecule has 100 valence electrons. The summed E-state index contributed by atoms with van der Waals surface area (Å²) in [6, 6.07) is 4.09. The average molecular weight is 254 g/mol. The molecule has 0 radical (unpaired) electrons. The first kappa shape index (κ1) is 14.4. The highest BCUT2D eigenvalue weighted by molar-refractivity contribution is 5.64. The first-order valence-corrected chi connectivity index (χ1v) is 6.18. The maximum absolute atomic E-state index is 13.9. The Morgan fingerprint density at radius 1 is 1.44 bits per heavy atom. The van der Waals surface area contributed by atoms with Crippen LogP contribution in [0.5, 0.6) is 0 Å². The molecule has 0 saturated heterocycles. The SMILES string of the molecule is CCCC(CC)N(C)c1c(F)cccc1[N+](=O)[O-]. The van der Waals surface area contributed by atoms with Gasteiger partial charge in [0.2, 0.25) is 0 Å². The number of nitro benzene ring substituents is 1. The zero-order valence-electron chi connectivity index (χ0n) is 11.0. The maximum atomic E-state index is 13.9. The van der Waals surface area contributed by atoms with Crippen molar-refractivity contribution in [2.45, 2.75) is 39.2 Å². The molecule has 0 aliphatic carbocycles. The topological polar surface area (TPSA) is 46.4 Å². The molecule has 5 heteroatoms. The Bertz CT molecular complexity index is 423. The highest BCUT2D eigenvalue weighted by atomic mass is 19.1. The quantitative estimate of drug-likeness (QED) is 0.573. The van der Waals surface area contributed by atoms with Gasteiger partial charge in [-0.1, -0.05) is 26.3 Å². The average Bonchev–Trinajstić information content (AvgIpc) is 2.34. The maximum Gasteiger partial charge on any atom is 0.295 e. The number of para-hydroxylation sites is 1. The third kappa shape index (κ3) is 2.97. The fourth-order valence-electron chi connectivity index (χ4n) is 2.19. The van der Waals surface area contributed by atoms with Crippen LogP contribution in [0.2, 0.25) is 0 Å². The molecule has 0 heterocycles. The van der Waals surface area contributed by atoms with Crippen LogP contribution >= 0.6 is 0 Å². The molecule has 1 aromatic carbocycles. The summed E-state index contributed by atoms with van der Waals surface area (Å²) in [5, 5.41) is 11.0. The third-order valence-corrected chi connectivity index (χ3v) is 3.16. The van der Waals surface area contributed by atoms with Gasteiger partial charge in [-0.3, -0.25) is 10.1 Å². The lowest BCUT2D eigenvalue weighted by Gasteiger charge is -2.28. The molecule has 18 heavy (non-hydrogen) atoms. The van der Waals surface area contributed by atoms with E-state index in [0.29, 0.717) is 0 Å². The van der Waals surface area contributed by atoms with Crippen molar-refractivity contribution in [3.63, 3.8) is 0 Å². The Balaban J connectivity index is 3.17. The molecular formula is C13H19FN2O2. The molecule has 0 aliphatic rings. The van der Waals surface area contributed by atoms with Crippen LogP contribution < -0.4 is 4.90 Å². The van der Waals surface area contributed by atoms with Crippen molar-refractivity contribution in [2.75, 3.05) is 11.9 Å². The minimum absolute atomic E-state index is 0.0859. The van der Waals surface area contributed by atoms with Crippen molar-refractivity contribution in [3.05, 3.63) is 34.1 Å². The Morgan fingerprint density at radius 2 is 2.11 bits per heavy atom. The second-order valence-corrected chi connectivity index (χ2v) is 4.33. The van der Waals surface area contributed by atoms with E-state index in [9.17, 15) is 14.5 Å². The van der Waals surface area contributed by atoms with E-state index in [1.165, 1.54) is 18.2 Å². The first-order valence-electron chi connectivity index (χ1n) is 6.18. The van der Waals surface area contributed by atoms with Crippen LogP contribution in [-0.2, 0) is 0 Å². The molecule has 1 aromatic rings. The van der Waals surface area contributed by atoms with Crippen molar-refractivity contribution in [1.29, 1.82) is 0 Å². The number of nitrogens with zero attached hydrogens (tertiary/aromatic N) is 2. The third-order valence-electron chi connectivity index (χ3n) is 3.16. The van der Waals surface area contributed by atoms with Gasteiger partial charge in [0.15, 0.2) is 11.5 Å². The van der Waals surface area contributed by atoms with Gasteiger partial charge in [0, 0.05) is 19.2 Å². The van der Waals surface area contributed by atoms with Crippen LogP contribution in [0, 0.1) is 15.9 Å². The van der Waals surface area contributed by atoms with E-state index in [0.717, 1.165) is 19.3 Å². The van der Waals surface area contributed by atoms with Crippen LogP contribution in [0.3, 0.4) is 0 Å². The standard InChI is InChI=1S/C13H19FN2O2/c1-4-7-10(5-2)15(3)13-11(14)8-6-9-12(13)16(17)18/h6,8-10H,4-5,7H2,1-3H3. The molecule has 1 atom stereocenters. The van der Waals surface area contributed by atoms with Crippen LogP contribution in [0.15, 0.2) is 18.2 Å². The number of benzene rings is 1. The number of hydrogen-bond acceptors (Lipinski definition) is 3. The van der Waals surface area contributed by atoms with Crippen LogP contribution in [-0.4, -0.2) is 18.0 Å². The Labute approximate surface area is 107 Å². The van der Waals surface area contributed by atoms with Crippen molar-refractivity contribution >= 4 is 11.4 Å². The molecule has 0 spiro atoms. The smallest absolute Gasteiger partial charge is 0.295 e. The van der Waals surface area contributed by atoms with Gasteiger partial charge < -0.3 is 4.90 Å². The van der Waals surface area contributed by atoms with Gasteiger partial charge in [-0.05, 0) is 18.9 Å². The van der Waals surface area contributed by atoms with E-state index in [-0.39, 0.29) is 17.4 Å². The van der Waals surface area contributed by atoms with Crippen molar-refractivity contribution in [3.8, 4) is 0 Å². The first-order chi connectivity index (χ1) is 8.52. The Morgan fingerprint density at radius 3 is 2.61 bits per heavy atom. The van der Waals surface area contributed by atoms with Gasteiger partial charge in [-0.2, -0.15) is 0 Å². The molecule has 0 fully saturated rings. The largest absolute Gasteiger partial charge is 0.364 e. The lowest BCUT2D eigenvalue weighted by atomic mass is 10.1. The summed E-state index contributed by atoms with van der Waals surface area (Å²) in [4.78, 5) is 12.1. The normalized spacial score (nSPS) is 12.2. The van der Waals surface area contributed by atoms with E-state index in [2.05, 4.69) is 0 Å². The molecule has 0 N–H and O–H groups in total. The number of halogens is 1. The molecule has 0 saturated carbocycles. The van der Waals surface area contributed by atoms with Gasteiger partial charge in [0.25, 0.3) is 5.69 Å². The fraction of sp³-hybridized carbons (Fsp3) is 0.538. The molecule has 1 unspecified atom stereocenters. The molecule has 4 nitrogen and oxygen atoms in total. The Kier molecular flexibility index (Phi) is 5.07. The predicted molar refractivity (Wildman–Crippen MR) is 70.4 cm³/mol. The van der Waals surface area contributed by atoms with E-state index < -0.39 is 10.7 Å². The van der Waals surface area contributed by atoms with Gasteiger partial charge in [-0.15, -0.1) is 0 Å². The number of nitro groups is 1. The van der Waals surface area contributed by atoms with Crippen LogP contribution in [0.25, 0.3) is 0 Å². The lowest BCUT2D eigenvalue weighted by Crippen LogP contribution is -2.32. The minimum atomic E-state index is -0.541. The summed E-state index contributed by atoms with van der Waals surface area (Å²) in [7, 11) is 1.72. The highest BCUT2D eigenvalue weighted by Gasteiger charge is 2.24. The lowest BCUT2D eigenvalue weighted by molar-refractivity contribution is -0.384. The van der Waals surface area contributed by atoms with Gasteiger partial charge >= 0.3 is 0 Å². The second-order valence-electron chi connectivity index (χ2n) is 4.33. The van der Waals surface area contributed by atoms with Crippen LogP contribution in [0.4, 0.5) is 15.8 Å². The van der Waals surface area contributed by atoms with E-state index in [1.54, 1.807) is 11.9 Å². The van der Waals surface area contributed by atoms with Crippen molar-refractivity contribution in [2.24, 2.45) is 0 Å². The minimum Gasteiger partial charge on any atom is -0.364 e. The summed E-state index contributed by atoms with van der Waals surface area (Å²) < 4.78 is 13.9.